The molecule has 1 fully saturated rings. The van der Waals surface area contributed by atoms with Crippen LogP contribution in [-0.4, -0.2) is 42.4 Å². The average molecular weight is 424 g/mol. The Morgan fingerprint density at radius 2 is 1.90 bits per heavy atom. The maximum absolute atomic E-state index is 13.0. The number of carbonyl (C=O) groups is 4. The summed E-state index contributed by atoms with van der Waals surface area (Å²) < 4.78 is 10.0. The maximum Gasteiger partial charge on any atom is 0.413 e. The number of amides is 1. The molecule has 8 heteroatoms. The van der Waals surface area contributed by atoms with Crippen molar-refractivity contribution in [2.75, 3.05) is 13.8 Å². The summed E-state index contributed by atoms with van der Waals surface area (Å²) in [6, 6.07) is 6.94. The smallest absolute Gasteiger partial charge is 0.413 e. The van der Waals surface area contributed by atoms with Gasteiger partial charge in [-0.25, -0.2) is 4.79 Å². The molecule has 1 aromatic carbocycles. The fourth-order valence-corrected chi connectivity index (χ4v) is 3.97. The molecule has 1 amide bonds. The van der Waals surface area contributed by atoms with Crippen molar-refractivity contribution in [2.45, 2.75) is 51.5 Å². The molecule has 158 valence electrons. The summed E-state index contributed by atoms with van der Waals surface area (Å²) in [6.07, 6.45) is 1.52. The van der Waals surface area contributed by atoms with Gasteiger partial charge in [0.25, 0.3) is 0 Å². The molecule has 0 aliphatic heterocycles. The molecule has 0 spiro atoms. The first-order chi connectivity index (χ1) is 13.7. The minimum atomic E-state index is -1.22. The highest BCUT2D eigenvalue weighted by molar-refractivity contribution is 6.31. The molecular weight excluding hydrogens is 398 g/mol. The van der Waals surface area contributed by atoms with Gasteiger partial charge in [0.05, 0.1) is 5.92 Å². The molecule has 1 saturated carbocycles. The third kappa shape index (κ3) is 5.15. The van der Waals surface area contributed by atoms with Crippen LogP contribution < -0.4 is 0 Å². The summed E-state index contributed by atoms with van der Waals surface area (Å²) in [5.74, 6) is -1.50. The zero-order chi connectivity index (χ0) is 21.6. The average Bonchev–Trinajstić information content (AvgIpc) is 2.67. The van der Waals surface area contributed by atoms with E-state index in [4.69, 9.17) is 21.1 Å². The van der Waals surface area contributed by atoms with Crippen molar-refractivity contribution in [1.29, 1.82) is 0 Å². The van der Waals surface area contributed by atoms with Crippen molar-refractivity contribution in [3.63, 3.8) is 0 Å². The molecule has 7 nitrogen and oxygen atoms in total. The van der Waals surface area contributed by atoms with Crippen LogP contribution in [0.15, 0.2) is 24.3 Å². The zero-order valence-corrected chi connectivity index (χ0v) is 17.7. The summed E-state index contributed by atoms with van der Waals surface area (Å²) in [7, 11) is 1.48. The van der Waals surface area contributed by atoms with Crippen molar-refractivity contribution in [3.8, 4) is 0 Å². The van der Waals surface area contributed by atoms with Crippen LogP contribution in [0.2, 0.25) is 5.02 Å². The number of carbonyl (C=O) groups excluding carboxylic acids is 4. The summed E-state index contributed by atoms with van der Waals surface area (Å²) >= 11 is 6.36. The fourth-order valence-electron chi connectivity index (χ4n) is 3.68. The van der Waals surface area contributed by atoms with E-state index in [9.17, 15) is 19.2 Å². The Hall–Kier alpha value is -2.41. The molecule has 2 rings (SSSR count). The number of ketones is 2. The first-order valence-corrected chi connectivity index (χ1v) is 9.93. The van der Waals surface area contributed by atoms with Gasteiger partial charge in [-0.1, -0.05) is 36.7 Å². The molecule has 0 unspecified atom stereocenters. The number of Topliss-reactive ketones (excluding diaryl/α,β-unsaturated/α-hetero) is 2. The normalized spacial score (nSPS) is 19.9. The lowest BCUT2D eigenvalue weighted by Crippen LogP contribution is -2.54. The molecule has 2 atom stereocenters. The molecule has 29 heavy (non-hydrogen) atoms. The van der Waals surface area contributed by atoms with Crippen molar-refractivity contribution >= 4 is 35.2 Å². The van der Waals surface area contributed by atoms with Gasteiger partial charge < -0.3 is 14.3 Å². The van der Waals surface area contributed by atoms with Crippen molar-refractivity contribution in [1.82, 2.24) is 4.90 Å². The second-order valence-electron chi connectivity index (χ2n) is 7.33. The molecule has 0 heterocycles. The molecule has 0 aromatic heterocycles. The van der Waals surface area contributed by atoms with E-state index in [0.717, 1.165) is 12.8 Å². The lowest BCUT2D eigenvalue weighted by atomic mass is 9.74. The first-order valence-electron chi connectivity index (χ1n) is 9.55. The van der Waals surface area contributed by atoms with Crippen LogP contribution in [0.1, 0.15) is 51.5 Å². The van der Waals surface area contributed by atoms with Crippen LogP contribution >= 0.6 is 11.6 Å². The number of halogens is 1. The Morgan fingerprint density at radius 1 is 1.21 bits per heavy atom. The van der Waals surface area contributed by atoms with E-state index >= 15 is 0 Å². The van der Waals surface area contributed by atoms with Crippen LogP contribution in [-0.2, 0) is 29.4 Å². The van der Waals surface area contributed by atoms with E-state index in [0.29, 0.717) is 23.4 Å². The minimum absolute atomic E-state index is 0.0524. The maximum atomic E-state index is 13.0. The zero-order valence-electron chi connectivity index (χ0n) is 16.9. The van der Waals surface area contributed by atoms with Crippen LogP contribution in [0, 0.1) is 5.92 Å². The van der Waals surface area contributed by atoms with Gasteiger partial charge in [-0.2, -0.15) is 0 Å². The monoisotopic (exact) mass is 423 g/mol. The highest BCUT2D eigenvalue weighted by Crippen LogP contribution is 2.42. The van der Waals surface area contributed by atoms with E-state index in [2.05, 4.69) is 0 Å². The van der Waals surface area contributed by atoms with Gasteiger partial charge in [-0.15, -0.1) is 0 Å². The van der Waals surface area contributed by atoms with Gasteiger partial charge in [0.2, 0.25) is 6.79 Å². The van der Waals surface area contributed by atoms with Crippen molar-refractivity contribution in [3.05, 3.63) is 34.9 Å². The largest absolute Gasteiger partial charge is 0.428 e. The standard InChI is InChI=1S/C21H26ClNO6/c1-14(12-15(2)24)19(26)28-13-29-20(27)23(3)21(11-7-6-10-18(21)25)16-8-4-5-9-17(16)22/h4-5,8-9,14H,6-7,10-13H2,1-3H3/t14-,21-/m1/s1. The SMILES string of the molecule is CC(=O)C[C@@H](C)C(=O)OCOC(=O)N(C)[C@@]1(c2ccccc2Cl)CCCCC1=O. The van der Waals surface area contributed by atoms with Gasteiger partial charge in [-0.3, -0.25) is 14.5 Å². The third-order valence-electron chi connectivity index (χ3n) is 5.20. The molecule has 1 aliphatic carbocycles. The molecule has 1 aliphatic rings. The van der Waals surface area contributed by atoms with Crippen LogP contribution in [0.25, 0.3) is 0 Å². The Bertz CT molecular complexity index is 795. The molecule has 1 aromatic rings. The lowest BCUT2D eigenvalue weighted by molar-refractivity contribution is -0.158. The number of ether oxygens (including phenoxy) is 2. The van der Waals surface area contributed by atoms with E-state index in [1.165, 1.54) is 18.9 Å². The number of benzene rings is 1. The number of hydrogen-bond acceptors (Lipinski definition) is 6. The summed E-state index contributed by atoms with van der Waals surface area (Å²) in [5.41, 5.74) is -0.669. The molecule has 0 bridgehead atoms. The summed E-state index contributed by atoms with van der Waals surface area (Å²) in [6.45, 7) is 2.34. The minimum Gasteiger partial charge on any atom is -0.428 e. The Balaban J connectivity index is 2.12. The first kappa shape index (κ1) is 22.9. The summed E-state index contributed by atoms with van der Waals surface area (Å²) in [5, 5.41) is 0.395. The highest BCUT2D eigenvalue weighted by atomic mass is 35.5. The quantitative estimate of drug-likeness (QED) is 0.488. The highest BCUT2D eigenvalue weighted by Gasteiger charge is 2.48. The predicted octanol–water partition coefficient (Wildman–Crippen LogP) is 3.86. The fraction of sp³-hybridized carbons (Fsp3) is 0.524. The number of rotatable bonds is 7. The van der Waals surface area contributed by atoms with E-state index < -0.39 is 30.3 Å². The molecule has 0 radical (unpaired) electrons. The second kappa shape index (κ2) is 9.87. The number of likely N-dealkylation sites (N-methyl/N-ethyl adjacent to an activating group) is 1. The molecule has 0 saturated heterocycles. The predicted molar refractivity (Wildman–Crippen MR) is 106 cm³/mol. The van der Waals surface area contributed by atoms with Gasteiger partial charge in [0.15, 0.2) is 5.78 Å². The van der Waals surface area contributed by atoms with Crippen LogP contribution in [0.3, 0.4) is 0 Å². The molecular formula is C21H26ClNO6. The van der Waals surface area contributed by atoms with Gasteiger partial charge in [0, 0.05) is 30.5 Å². The summed E-state index contributed by atoms with van der Waals surface area (Å²) in [4.78, 5) is 49.8. The van der Waals surface area contributed by atoms with E-state index in [1.807, 2.05) is 0 Å². The Kier molecular flexibility index (Phi) is 7.79. The van der Waals surface area contributed by atoms with Crippen molar-refractivity contribution in [2.24, 2.45) is 5.92 Å². The van der Waals surface area contributed by atoms with Crippen LogP contribution in [0.5, 0.6) is 0 Å². The molecule has 0 N–H and O–H groups in total. The second-order valence-corrected chi connectivity index (χ2v) is 7.74. The lowest BCUT2D eigenvalue weighted by Gasteiger charge is -2.43. The van der Waals surface area contributed by atoms with Gasteiger partial charge in [-0.05, 0) is 32.3 Å². The van der Waals surface area contributed by atoms with E-state index in [-0.39, 0.29) is 18.0 Å². The Morgan fingerprint density at radius 3 is 2.52 bits per heavy atom. The van der Waals surface area contributed by atoms with Gasteiger partial charge >= 0.3 is 12.1 Å². The van der Waals surface area contributed by atoms with E-state index in [1.54, 1.807) is 31.2 Å². The third-order valence-corrected chi connectivity index (χ3v) is 5.53. The number of esters is 1. The van der Waals surface area contributed by atoms with Crippen LogP contribution in [0.4, 0.5) is 4.79 Å². The number of hydrogen-bond donors (Lipinski definition) is 0. The topological polar surface area (TPSA) is 90.0 Å². The number of nitrogens with zero attached hydrogens (tertiary/aromatic N) is 1. The van der Waals surface area contributed by atoms with Crippen molar-refractivity contribution < 1.29 is 28.7 Å². The van der Waals surface area contributed by atoms with Gasteiger partial charge in [0.1, 0.15) is 11.3 Å². The Labute approximate surface area is 175 Å².